The minimum atomic E-state index is -0.537. The Balaban J connectivity index is 1.73. The summed E-state index contributed by atoms with van der Waals surface area (Å²) >= 11 is 0. The summed E-state index contributed by atoms with van der Waals surface area (Å²) in [6, 6.07) is 16.4. The molecule has 21 heavy (non-hydrogen) atoms. The molecule has 0 aliphatic carbocycles. The summed E-state index contributed by atoms with van der Waals surface area (Å²) in [7, 11) is 2.06. The number of hydrogen-bond acceptors (Lipinski definition) is 2. The van der Waals surface area contributed by atoms with E-state index in [9.17, 15) is 9.50 Å². The topological polar surface area (TPSA) is 23.5 Å². The van der Waals surface area contributed by atoms with Crippen LogP contribution in [0.2, 0.25) is 0 Å². The van der Waals surface area contributed by atoms with Crippen LogP contribution in [0.5, 0.6) is 0 Å². The molecule has 1 N–H and O–H groups in total. The van der Waals surface area contributed by atoms with Crippen LogP contribution in [0.1, 0.15) is 23.7 Å². The Morgan fingerprint density at radius 1 is 1.00 bits per heavy atom. The number of rotatable bonds is 7. The van der Waals surface area contributed by atoms with Crippen LogP contribution in [0.25, 0.3) is 0 Å². The summed E-state index contributed by atoms with van der Waals surface area (Å²) < 4.78 is 12.8. The van der Waals surface area contributed by atoms with Crippen molar-refractivity contribution in [1.82, 2.24) is 4.90 Å². The van der Waals surface area contributed by atoms with E-state index in [1.54, 1.807) is 12.1 Å². The first kappa shape index (κ1) is 15.7. The second-order valence-corrected chi connectivity index (χ2v) is 5.39. The first-order valence-corrected chi connectivity index (χ1v) is 7.31. The lowest BCUT2D eigenvalue weighted by atomic mass is 10.1. The van der Waals surface area contributed by atoms with Gasteiger partial charge in [0.1, 0.15) is 5.82 Å². The molecule has 0 aliphatic heterocycles. The number of nitrogens with zero attached hydrogens (tertiary/aromatic N) is 1. The van der Waals surface area contributed by atoms with Crippen molar-refractivity contribution >= 4 is 0 Å². The molecule has 2 rings (SSSR count). The van der Waals surface area contributed by atoms with Gasteiger partial charge in [-0.05, 0) is 43.1 Å². The predicted molar refractivity (Wildman–Crippen MR) is 83.6 cm³/mol. The van der Waals surface area contributed by atoms with Crippen LogP contribution < -0.4 is 0 Å². The maximum absolute atomic E-state index is 12.8. The van der Waals surface area contributed by atoms with E-state index in [-0.39, 0.29) is 5.82 Å². The van der Waals surface area contributed by atoms with Crippen LogP contribution in [0.15, 0.2) is 54.6 Å². The molecule has 0 radical (unpaired) electrons. The van der Waals surface area contributed by atoms with E-state index in [1.165, 1.54) is 17.7 Å². The molecule has 1 unspecified atom stereocenters. The van der Waals surface area contributed by atoms with Gasteiger partial charge < -0.3 is 10.0 Å². The van der Waals surface area contributed by atoms with Gasteiger partial charge in [-0.25, -0.2) is 4.39 Å². The molecular formula is C18H22FNO. The molecule has 0 amide bonds. The van der Waals surface area contributed by atoms with Crippen molar-refractivity contribution in [2.75, 3.05) is 20.1 Å². The standard InChI is InChI=1S/C18H22FNO/c1-20(13-11-15-5-3-2-4-6-15)14-12-18(21)16-7-9-17(19)10-8-16/h2-10,18,21H,11-14H2,1H3. The Kier molecular flexibility index (Phi) is 5.90. The zero-order valence-electron chi connectivity index (χ0n) is 12.4. The molecule has 0 aromatic heterocycles. The van der Waals surface area contributed by atoms with E-state index in [4.69, 9.17) is 0 Å². The van der Waals surface area contributed by atoms with Gasteiger partial charge in [-0.15, -0.1) is 0 Å². The van der Waals surface area contributed by atoms with E-state index < -0.39 is 6.10 Å². The highest BCUT2D eigenvalue weighted by Crippen LogP contribution is 2.17. The van der Waals surface area contributed by atoms with Gasteiger partial charge in [-0.1, -0.05) is 42.5 Å². The van der Waals surface area contributed by atoms with Crippen molar-refractivity contribution in [3.8, 4) is 0 Å². The third-order valence-electron chi connectivity index (χ3n) is 3.66. The Hall–Kier alpha value is -1.71. The molecule has 0 bridgehead atoms. The molecule has 1 atom stereocenters. The molecule has 0 heterocycles. The molecule has 0 saturated heterocycles. The Labute approximate surface area is 125 Å². The summed E-state index contributed by atoms with van der Waals surface area (Å²) in [5.41, 5.74) is 2.09. The van der Waals surface area contributed by atoms with Crippen molar-refractivity contribution in [2.24, 2.45) is 0 Å². The Morgan fingerprint density at radius 2 is 1.67 bits per heavy atom. The third kappa shape index (κ3) is 5.29. The van der Waals surface area contributed by atoms with Crippen molar-refractivity contribution in [3.05, 3.63) is 71.5 Å². The van der Waals surface area contributed by atoms with Crippen LogP contribution in [0, 0.1) is 5.82 Å². The van der Waals surface area contributed by atoms with Crippen molar-refractivity contribution in [3.63, 3.8) is 0 Å². The number of halogens is 1. The smallest absolute Gasteiger partial charge is 0.123 e. The molecule has 112 valence electrons. The zero-order valence-corrected chi connectivity index (χ0v) is 12.4. The molecule has 0 spiro atoms. The van der Waals surface area contributed by atoms with Crippen LogP contribution in [0.3, 0.4) is 0 Å². The summed E-state index contributed by atoms with van der Waals surface area (Å²) in [6.07, 6.45) is 1.12. The van der Waals surface area contributed by atoms with Gasteiger partial charge in [-0.3, -0.25) is 0 Å². The fourth-order valence-electron chi connectivity index (χ4n) is 2.27. The summed E-state index contributed by atoms with van der Waals surface area (Å²) in [5, 5.41) is 10.1. The molecule has 3 heteroatoms. The lowest BCUT2D eigenvalue weighted by molar-refractivity contribution is 0.149. The summed E-state index contributed by atoms with van der Waals surface area (Å²) in [6.45, 7) is 1.77. The normalized spacial score (nSPS) is 12.6. The molecule has 0 fully saturated rings. The van der Waals surface area contributed by atoms with E-state index in [2.05, 4.69) is 24.1 Å². The van der Waals surface area contributed by atoms with Gasteiger partial charge in [-0.2, -0.15) is 0 Å². The van der Waals surface area contributed by atoms with Crippen LogP contribution >= 0.6 is 0 Å². The highest BCUT2D eigenvalue weighted by atomic mass is 19.1. The van der Waals surface area contributed by atoms with Crippen LogP contribution in [-0.2, 0) is 6.42 Å². The van der Waals surface area contributed by atoms with Gasteiger partial charge in [0.25, 0.3) is 0 Å². The van der Waals surface area contributed by atoms with E-state index >= 15 is 0 Å². The highest BCUT2D eigenvalue weighted by Gasteiger charge is 2.09. The third-order valence-corrected chi connectivity index (χ3v) is 3.66. The maximum atomic E-state index is 12.8. The SMILES string of the molecule is CN(CCc1ccccc1)CCC(O)c1ccc(F)cc1. The lowest BCUT2D eigenvalue weighted by Crippen LogP contribution is -2.23. The van der Waals surface area contributed by atoms with Crippen LogP contribution in [-0.4, -0.2) is 30.1 Å². The van der Waals surface area contributed by atoms with E-state index in [0.717, 1.165) is 25.1 Å². The Morgan fingerprint density at radius 3 is 2.33 bits per heavy atom. The molecule has 0 saturated carbocycles. The van der Waals surface area contributed by atoms with Gasteiger partial charge in [0.05, 0.1) is 6.10 Å². The summed E-state index contributed by atoms with van der Waals surface area (Å²) in [5.74, 6) is -0.272. The molecule has 2 aromatic carbocycles. The van der Waals surface area contributed by atoms with Crippen molar-refractivity contribution in [2.45, 2.75) is 18.9 Å². The minimum absolute atomic E-state index is 0.272. The average Bonchev–Trinajstić information content (AvgIpc) is 2.52. The minimum Gasteiger partial charge on any atom is -0.388 e. The molecule has 2 nitrogen and oxygen atoms in total. The predicted octanol–water partition coefficient (Wildman–Crippen LogP) is 3.42. The largest absolute Gasteiger partial charge is 0.388 e. The quantitative estimate of drug-likeness (QED) is 0.843. The number of benzene rings is 2. The molecule has 2 aromatic rings. The van der Waals surface area contributed by atoms with Gasteiger partial charge in [0, 0.05) is 13.1 Å². The zero-order chi connectivity index (χ0) is 15.1. The first-order valence-electron chi connectivity index (χ1n) is 7.31. The second-order valence-electron chi connectivity index (χ2n) is 5.39. The summed E-state index contributed by atoms with van der Waals surface area (Å²) in [4.78, 5) is 2.21. The fourth-order valence-corrected chi connectivity index (χ4v) is 2.27. The number of aliphatic hydroxyl groups is 1. The fraction of sp³-hybridized carbons (Fsp3) is 0.333. The monoisotopic (exact) mass is 287 g/mol. The van der Waals surface area contributed by atoms with Gasteiger partial charge in [0.2, 0.25) is 0 Å². The molecular weight excluding hydrogens is 265 g/mol. The number of aliphatic hydroxyl groups excluding tert-OH is 1. The first-order chi connectivity index (χ1) is 10.1. The highest BCUT2D eigenvalue weighted by molar-refractivity contribution is 5.18. The maximum Gasteiger partial charge on any atom is 0.123 e. The van der Waals surface area contributed by atoms with Crippen molar-refractivity contribution in [1.29, 1.82) is 0 Å². The number of hydrogen-bond donors (Lipinski definition) is 1. The Bertz CT molecular complexity index is 527. The van der Waals surface area contributed by atoms with Gasteiger partial charge in [0.15, 0.2) is 0 Å². The lowest BCUT2D eigenvalue weighted by Gasteiger charge is -2.19. The van der Waals surface area contributed by atoms with E-state index in [0.29, 0.717) is 6.42 Å². The van der Waals surface area contributed by atoms with E-state index in [1.807, 2.05) is 18.2 Å². The second kappa shape index (κ2) is 7.91. The van der Waals surface area contributed by atoms with Crippen LogP contribution in [0.4, 0.5) is 4.39 Å². The number of likely N-dealkylation sites (N-methyl/N-ethyl adjacent to an activating group) is 1. The van der Waals surface area contributed by atoms with Crippen molar-refractivity contribution < 1.29 is 9.50 Å². The molecule has 0 aliphatic rings. The average molecular weight is 287 g/mol. The van der Waals surface area contributed by atoms with Gasteiger partial charge >= 0.3 is 0 Å².